The molecule has 0 atom stereocenters. The first-order valence-electron chi connectivity index (χ1n) is 8.05. The average molecular weight is 387 g/mol. The predicted octanol–water partition coefficient (Wildman–Crippen LogP) is 2.79. The van der Waals surface area contributed by atoms with Crippen molar-refractivity contribution in [3.05, 3.63) is 54.1 Å². The third kappa shape index (κ3) is 4.14. The third-order valence-electron chi connectivity index (χ3n) is 3.82. The summed E-state index contributed by atoms with van der Waals surface area (Å²) >= 11 is 0. The van der Waals surface area contributed by atoms with Crippen LogP contribution in [0.25, 0.3) is 11.5 Å². The van der Waals surface area contributed by atoms with Crippen molar-refractivity contribution >= 4 is 21.8 Å². The van der Waals surface area contributed by atoms with Crippen LogP contribution >= 0.6 is 0 Å². The van der Waals surface area contributed by atoms with Crippen LogP contribution < -0.4 is 10.1 Å². The lowest BCUT2D eigenvalue weighted by molar-refractivity contribution is 0.102. The summed E-state index contributed by atoms with van der Waals surface area (Å²) in [4.78, 5) is 12.4. The van der Waals surface area contributed by atoms with E-state index in [1.54, 1.807) is 38.3 Å². The summed E-state index contributed by atoms with van der Waals surface area (Å²) in [5.41, 5.74) is 0.841. The molecule has 0 unspecified atom stereocenters. The number of aromatic nitrogens is 2. The van der Waals surface area contributed by atoms with Crippen molar-refractivity contribution in [1.29, 1.82) is 0 Å². The number of nitrogens with zero attached hydrogens (tertiary/aromatic N) is 2. The van der Waals surface area contributed by atoms with Gasteiger partial charge < -0.3 is 9.15 Å². The van der Waals surface area contributed by atoms with Gasteiger partial charge >= 0.3 is 6.01 Å². The van der Waals surface area contributed by atoms with Crippen molar-refractivity contribution < 1.29 is 22.4 Å². The first-order chi connectivity index (χ1) is 12.9. The Bertz CT molecular complexity index is 1060. The van der Waals surface area contributed by atoms with Crippen molar-refractivity contribution in [3.8, 4) is 17.2 Å². The molecule has 3 rings (SSSR count). The Morgan fingerprint density at radius 1 is 1.15 bits per heavy atom. The van der Waals surface area contributed by atoms with Crippen LogP contribution in [0, 0.1) is 0 Å². The van der Waals surface area contributed by atoms with E-state index in [4.69, 9.17) is 9.15 Å². The maximum atomic E-state index is 12.4. The number of benzene rings is 2. The number of rotatable bonds is 6. The summed E-state index contributed by atoms with van der Waals surface area (Å²) in [7, 11) is -1.84. The van der Waals surface area contributed by atoms with E-state index in [1.165, 1.54) is 24.3 Å². The van der Waals surface area contributed by atoms with Crippen molar-refractivity contribution in [1.82, 2.24) is 10.2 Å². The van der Waals surface area contributed by atoms with Gasteiger partial charge in [-0.1, -0.05) is 18.1 Å². The molecule has 0 aliphatic rings. The number of hydrogen-bond donors (Lipinski definition) is 1. The summed E-state index contributed by atoms with van der Waals surface area (Å²) in [5.74, 6) is 0.324. The summed E-state index contributed by atoms with van der Waals surface area (Å²) < 4.78 is 34.4. The van der Waals surface area contributed by atoms with E-state index >= 15 is 0 Å². The minimum atomic E-state index is -3.41. The second-order valence-electron chi connectivity index (χ2n) is 5.53. The van der Waals surface area contributed by atoms with Crippen LogP contribution in [0.5, 0.6) is 5.75 Å². The fourth-order valence-corrected chi connectivity index (χ4v) is 3.22. The van der Waals surface area contributed by atoms with E-state index in [1.807, 2.05) is 0 Å². The number of sulfone groups is 1. The monoisotopic (exact) mass is 387 g/mol. The van der Waals surface area contributed by atoms with Crippen LogP contribution in [0.15, 0.2) is 57.8 Å². The Balaban J connectivity index is 1.77. The average Bonchev–Trinajstić information content (AvgIpc) is 3.16. The predicted molar refractivity (Wildman–Crippen MR) is 98.4 cm³/mol. The molecule has 1 amide bonds. The quantitative estimate of drug-likeness (QED) is 0.692. The number of hydrogen-bond acceptors (Lipinski definition) is 7. The van der Waals surface area contributed by atoms with E-state index in [-0.39, 0.29) is 28.1 Å². The molecule has 0 saturated carbocycles. The number of ether oxygens (including phenoxy) is 1. The number of carbonyl (C=O) groups is 1. The largest absolute Gasteiger partial charge is 0.497 e. The van der Waals surface area contributed by atoms with Gasteiger partial charge in [0.05, 0.1) is 17.8 Å². The van der Waals surface area contributed by atoms with Gasteiger partial charge in [0.15, 0.2) is 9.84 Å². The van der Waals surface area contributed by atoms with E-state index in [0.29, 0.717) is 11.3 Å². The van der Waals surface area contributed by atoms with Crippen LogP contribution in [0.3, 0.4) is 0 Å². The number of anilines is 1. The molecule has 3 aromatic rings. The maximum absolute atomic E-state index is 12.4. The highest BCUT2D eigenvalue weighted by molar-refractivity contribution is 7.91. The highest BCUT2D eigenvalue weighted by atomic mass is 32.2. The molecule has 2 aromatic carbocycles. The highest BCUT2D eigenvalue weighted by Gasteiger charge is 2.16. The molecule has 1 aromatic heterocycles. The second-order valence-corrected chi connectivity index (χ2v) is 7.80. The Hall–Kier alpha value is -3.20. The van der Waals surface area contributed by atoms with Gasteiger partial charge in [0.1, 0.15) is 5.75 Å². The van der Waals surface area contributed by atoms with Crippen LogP contribution in [0.2, 0.25) is 0 Å². The number of amides is 1. The summed E-state index contributed by atoms with van der Waals surface area (Å²) in [5, 5.41) is 10.1. The fourth-order valence-electron chi connectivity index (χ4n) is 2.29. The van der Waals surface area contributed by atoms with E-state index in [9.17, 15) is 13.2 Å². The molecule has 0 aliphatic heterocycles. The lowest BCUT2D eigenvalue weighted by Crippen LogP contribution is -2.13. The van der Waals surface area contributed by atoms with Gasteiger partial charge in [-0.05, 0) is 42.5 Å². The molecule has 1 heterocycles. The van der Waals surface area contributed by atoms with Crippen LogP contribution in [0.1, 0.15) is 17.3 Å². The minimum absolute atomic E-state index is 0.0487. The van der Waals surface area contributed by atoms with E-state index < -0.39 is 15.7 Å². The van der Waals surface area contributed by atoms with Gasteiger partial charge in [-0.3, -0.25) is 10.1 Å². The van der Waals surface area contributed by atoms with Crippen molar-refractivity contribution in [2.45, 2.75) is 11.8 Å². The normalized spacial score (nSPS) is 11.2. The van der Waals surface area contributed by atoms with Crippen LogP contribution in [-0.4, -0.2) is 37.4 Å². The summed E-state index contributed by atoms with van der Waals surface area (Å²) in [6.45, 7) is 1.54. The van der Waals surface area contributed by atoms with Crippen LogP contribution in [0.4, 0.5) is 6.01 Å². The second kappa shape index (κ2) is 7.58. The number of carbonyl (C=O) groups excluding carboxylic acids is 1. The van der Waals surface area contributed by atoms with Crippen molar-refractivity contribution in [2.75, 3.05) is 18.2 Å². The standard InChI is InChI=1S/C18H17N3O5S/c1-3-27(23,24)15-6-4-5-13(11-15)16(22)19-18-21-20-17(26-18)12-7-9-14(25-2)10-8-12/h4-11H,3H2,1-2H3,(H,19,21,22). The van der Waals surface area contributed by atoms with E-state index in [2.05, 4.69) is 15.5 Å². The molecular weight excluding hydrogens is 370 g/mol. The molecule has 0 radical (unpaired) electrons. The topological polar surface area (TPSA) is 111 Å². The van der Waals surface area contributed by atoms with E-state index in [0.717, 1.165) is 0 Å². The van der Waals surface area contributed by atoms with Crippen molar-refractivity contribution in [3.63, 3.8) is 0 Å². The molecule has 0 aliphatic carbocycles. The highest BCUT2D eigenvalue weighted by Crippen LogP contribution is 2.23. The summed E-state index contributed by atoms with van der Waals surface area (Å²) in [6.07, 6.45) is 0. The number of methoxy groups -OCH3 is 1. The number of nitrogens with one attached hydrogen (secondary N) is 1. The Kier molecular flexibility index (Phi) is 5.22. The first-order valence-corrected chi connectivity index (χ1v) is 9.70. The maximum Gasteiger partial charge on any atom is 0.322 e. The van der Waals surface area contributed by atoms with Gasteiger partial charge in [0.2, 0.25) is 5.89 Å². The van der Waals surface area contributed by atoms with Gasteiger partial charge in [-0.2, -0.15) is 0 Å². The van der Waals surface area contributed by atoms with Gasteiger partial charge in [0, 0.05) is 11.1 Å². The van der Waals surface area contributed by atoms with Crippen LogP contribution in [-0.2, 0) is 9.84 Å². The molecule has 9 heteroatoms. The molecule has 27 heavy (non-hydrogen) atoms. The molecule has 0 bridgehead atoms. The lowest BCUT2D eigenvalue weighted by atomic mass is 10.2. The zero-order valence-corrected chi connectivity index (χ0v) is 15.5. The summed E-state index contributed by atoms with van der Waals surface area (Å²) in [6, 6.07) is 12.7. The first kappa shape index (κ1) is 18.6. The third-order valence-corrected chi connectivity index (χ3v) is 5.55. The molecule has 0 spiro atoms. The molecule has 1 N–H and O–H groups in total. The lowest BCUT2D eigenvalue weighted by Gasteiger charge is -2.04. The van der Waals surface area contributed by atoms with Gasteiger partial charge in [-0.15, -0.1) is 5.10 Å². The SMILES string of the molecule is CCS(=O)(=O)c1cccc(C(=O)Nc2nnc(-c3ccc(OC)cc3)o2)c1. The fraction of sp³-hybridized carbons (Fsp3) is 0.167. The smallest absolute Gasteiger partial charge is 0.322 e. The molecule has 8 nitrogen and oxygen atoms in total. The molecule has 0 saturated heterocycles. The zero-order valence-electron chi connectivity index (χ0n) is 14.7. The molecule has 0 fully saturated rings. The Morgan fingerprint density at radius 2 is 1.89 bits per heavy atom. The zero-order chi connectivity index (χ0) is 19.4. The Morgan fingerprint density at radius 3 is 2.56 bits per heavy atom. The molecule has 140 valence electrons. The minimum Gasteiger partial charge on any atom is -0.497 e. The van der Waals surface area contributed by atoms with Gasteiger partial charge in [-0.25, -0.2) is 8.42 Å². The Labute approximate surface area is 156 Å². The van der Waals surface area contributed by atoms with Gasteiger partial charge in [0.25, 0.3) is 5.91 Å². The van der Waals surface area contributed by atoms with Crippen molar-refractivity contribution in [2.24, 2.45) is 0 Å². The molecular formula is C18H17N3O5S.